The largest absolute Gasteiger partial charge is 0.488 e. The molecule has 0 atom stereocenters. The van der Waals surface area contributed by atoms with Crippen molar-refractivity contribution in [2.45, 2.75) is 26.9 Å². The fourth-order valence-electron chi connectivity index (χ4n) is 2.73. The molecule has 0 unspecified atom stereocenters. The Balaban J connectivity index is 1.70. The van der Waals surface area contributed by atoms with Crippen molar-refractivity contribution in [3.63, 3.8) is 0 Å². The molecule has 6 heteroatoms. The van der Waals surface area contributed by atoms with E-state index in [1.54, 1.807) is 11.0 Å². The average Bonchev–Trinajstić information content (AvgIpc) is 2.90. The van der Waals surface area contributed by atoms with Crippen molar-refractivity contribution < 1.29 is 9.53 Å². The van der Waals surface area contributed by atoms with Crippen LogP contribution in [0.25, 0.3) is 6.08 Å². The van der Waals surface area contributed by atoms with Gasteiger partial charge in [-0.15, -0.1) is 0 Å². The van der Waals surface area contributed by atoms with Gasteiger partial charge in [-0.25, -0.2) is 0 Å². The van der Waals surface area contributed by atoms with Gasteiger partial charge >= 0.3 is 0 Å². The molecule has 1 fully saturated rings. The smallest absolute Gasteiger partial charge is 0.276 e. The van der Waals surface area contributed by atoms with Gasteiger partial charge in [-0.2, -0.15) is 0 Å². The number of aryl methyl sites for hydroxylation is 1. The summed E-state index contributed by atoms with van der Waals surface area (Å²) in [6.45, 7) is 5.20. The monoisotopic (exact) mass is 444 g/mol. The molecule has 27 heavy (non-hydrogen) atoms. The molecular formula is C21H21BrN2O2S. The van der Waals surface area contributed by atoms with Gasteiger partial charge in [-0.05, 0) is 70.8 Å². The van der Waals surface area contributed by atoms with Crippen molar-refractivity contribution in [3.05, 3.63) is 69.3 Å². The number of carbonyl (C=O) groups is 1. The van der Waals surface area contributed by atoms with Gasteiger partial charge in [-0.3, -0.25) is 9.69 Å². The Morgan fingerprint density at radius 2 is 1.96 bits per heavy atom. The van der Waals surface area contributed by atoms with Crippen LogP contribution in [0, 0.1) is 6.92 Å². The molecule has 1 heterocycles. The number of rotatable bonds is 6. The summed E-state index contributed by atoms with van der Waals surface area (Å²) < 4.78 is 6.73. The van der Waals surface area contributed by atoms with Crippen LogP contribution in [0.15, 0.2) is 52.6 Å². The van der Waals surface area contributed by atoms with Gasteiger partial charge in [0.15, 0.2) is 5.11 Å². The molecule has 2 aromatic rings. The zero-order chi connectivity index (χ0) is 19.4. The minimum Gasteiger partial charge on any atom is -0.488 e. The number of thiocarbonyl (C=S) groups is 1. The minimum absolute atomic E-state index is 0.0855. The van der Waals surface area contributed by atoms with E-state index in [-0.39, 0.29) is 5.91 Å². The number of nitrogens with zero attached hydrogens (tertiary/aromatic N) is 1. The lowest BCUT2D eigenvalue weighted by Gasteiger charge is -2.11. The fraction of sp³-hybridized carbons (Fsp3) is 0.238. The topological polar surface area (TPSA) is 41.6 Å². The predicted octanol–water partition coefficient (Wildman–Crippen LogP) is 4.80. The maximum Gasteiger partial charge on any atom is 0.276 e. The van der Waals surface area contributed by atoms with Gasteiger partial charge in [-0.1, -0.05) is 42.8 Å². The van der Waals surface area contributed by atoms with E-state index in [0.29, 0.717) is 24.0 Å². The maximum absolute atomic E-state index is 12.4. The molecule has 1 N–H and O–H groups in total. The number of ether oxygens (including phenoxy) is 1. The van der Waals surface area contributed by atoms with Gasteiger partial charge in [0.25, 0.3) is 5.91 Å². The second kappa shape index (κ2) is 8.67. The molecule has 0 aliphatic carbocycles. The van der Waals surface area contributed by atoms with Crippen molar-refractivity contribution in [2.24, 2.45) is 0 Å². The van der Waals surface area contributed by atoms with Crippen LogP contribution in [0.5, 0.6) is 5.75 Å². The number of hydrogen-bond donors (Lipinski definition) is 1. The lowest BCUT2D eigenvalue weighted by atomic mass is 10.1. The summed E-state index contributed by atoms with van der Waals surface area (Å²) >= 11 is 8.79. The second-order valence-electron chi connectivity index (χ2n) is 6.41. The van der Waals surface area contributed by atoms with E-state index in [9.17, 15) is 4.79 Å². The minimum atomic E-state index is -0.0855. The van der Waals surface area contributed by atoms with E-state index in [4.69, 9.17) is 17.0 Å². The first-order valence-corrected chi connectivity index (χ1v) is 10.0. The number of carbonyl (C=O) groups excluding carboxylic acids is 1. The van der Waals surface area contributed by atoms with Crippen molar-refractivity contribution in [1.82, 2.24) is 10.2 Å². The van der Waals surface area contributed by atoms with Crippen LogP contribution in [0.4, 0.5) is 0 Å². The molecule has 1 aliphatic heterocycles. The highest BCUT2D eigenvalue weighted by molar-refractivity contribution is 9.10. The summed E-state index contributed by atoms with van der Waals surface area (Å²) in [5.74, 6) is 0.671. The average molecular weight is 445 g/mol. The molecule has 0 bridgehead atoms. The normalized spacial score (nSPS) is 15.4. The van der Waals surface area contributed by atoms with Crippen LogP contribution in [-0.4, -0.2) is 22.5 Å². The molecule has 140 valence electrons. The van der Waals surface area contributed by atoms with Crippen LogP contribution >= 0.6 is 28.1 Å². The van der Waals surface area contributed by atoms with Crippen molar-refractivity contribution in [3.8, 4) is 5.75 Å². The first-order valence-electron chi connectivity index (χ1n) is 8.80. The van der Waals surface area contributed by atoms with Crippen LogP contribution in [0.1, 0.15) is 30.0 Å². The Kier molecular flexibility index (Phi) is 6.29. The van der Waals surface area contributed by atoms with Crippen LogP contribution in [-0.2, 0) is 11.4 Å². The van der Waals surface area contributed by atoms with Crippen molar-refractivity contribution >= 4 is 45.2 Å². The van der Waals surface area contributed by atoms with Gasteiger partial charge in [0, 0.05) is 6.54 Å². The molecule has 1 aliphatic rings. The lowest BCUT2D eigenvalue weighted by Crippen LogP contribution is -2.31. The van der Waals surface area contributed by atoms with E-state index >= 15 is 0 Å². The zero-order valence-electron chi connectivity index (χ0n) is 15.3. The Bertz CT molecular complexity index is 894. The molecule has 4 nitrogen and oxygen atoms in total. The molecule has 1 saturated heterocycles. The quantitative estimate of drug-likeness (QED) is 0.512. The zero-order valence-corrected chi connectivity index (χ0v) is 17.7. The third kappa shape index (κ3) is 4.76. The number of amides is 1. The number of hydrogen-bond acceptors (Lipinski definition) is 3. The first-order chi connectivity index (χ1) is 13.0. The van der Waals surface area contributed by atoms with Crippen LogP contribution in [0.3, 0.4) is 0 Å². The standard InChI is InChI=1S/C21H21BrN2O2S/c1-3-10-24-20(25)18(23-21(24)27)12-16-8-9-19(17(22)11-16)26-13-15-6-4-14(2)5-7-15/h4-9,11-12H,3,10,13H2,1-2H3,(H,23,27)/b18-12-. The molecule has 0 spiro atoms. The summed E-state index contributed by atoms with van der Waals surface area (Å²) in [6.07, 6.45) is 2.66. The summed E-state index contributed by atoms with van der Waals surface area (Å²) in [6, 6.07) is 14.0. The Morgan fingerprint density at radius 3 is 2.63 bits per heavy atom. The highest BCUT2D eigenvalue weighted by atomic mass is 79.9. The molecular weight excluding hydrogens is 424 g/mol. The second-order valence-corrected chi connectivity index (χ2v) is 7.65. The third-order valence-electron chi connectivity index (χ3n) is 4.19. The molecule has 3 rings (SSSR count). The Morgan fingerprint density at radius 1 is 1.22 bits per heavy atom. The van der Waals surface area contributed by atoms with Gasteiger partial charge in [0.05, 0.1) is 4.47 Å². The summed E-state index contributed by atoms with van der Waals surface area (Å²) in [5.41, 5.74) is 3.73. The van der Waals surface area contributed by atoms with Gasteiger partial charge in [0.1, 0.15) is 18.1 Å². The van der Waals surface area contributed by atoms with Crippen molar-refractivity contribution in [1.29, 1.82) is 0 Å². The fourth-order valence-corrected chi connectivity index (χ4v) is 3.53. The highest BCUT2D eigenvalue weighted by Gasteiger charge is 2.29. The summed E-state index contributed by atoms with van der Waals surface area (Å²) in [5, 5.41) is 3.46. The molecule has 0 saturated carbocycles. The lowest BCUT2D eigenvalue weighted by molar-refractivity contribution is -0.122. The predicted molar refractivity (Wildman–Crippen MR) is 115 cm³/mol. The van der Waals surface area contributed by atoms with Gasteiger partial charge in [0.2, 0.25) is 0 Å². The summed E-state index contributed by atoms with van der Waals surface area (Å²) in [4.78, 5) is 14.0. The molecule has 1 amide bonds. The third-order valence-corrected chi connectivity index (χ3v) is 5.13. The van der Waals surface area contributed by atoms with Crippen LogP contribution < -0.4 is 10.1 Å². The summed E-state index contributed by atoms with van der Waals surface area (Å²) in [7, 11) is 0. The molecule has 0 aromatic heterocycles. The SMILES string of the molecule is CCCN1C(=O)/C(=C/c2ccc(OCc3ccc(C)cc3)c(Br)c2)NC1=S. The Labute approximate surface area is 173 Å². The van der Waals surface area contributed by atoms with E-state index in [1.807, 2.05) is 25.1 Å². The first kappa shape index (κ1) is 19.6. The Hall–Kier alpha value is -2.18. The van der Waals surface area contributed by atoms with E-state index in [2.05, 4.69) is 52.4 Å². The van der Waals surface area contributed by atoms with Crippen molar-refractivity contribution in [2.75, 3.05) is 6.54 Å². The van der Waals surface area contributed by atoms with E-state index in [0.717, 1.165) is 27.8 Å². The highest BCUT2D eigenvalue weighted by Crippen LogP contribution is 2.28. The van der Waals surface area contributed by atoms with E-state index < -0.39 is 0 Å². The number of halogens is 1. The van der Waals surface area contributed by atoms with Gasteiger partial charge < -0.3 is 10.1 Å². The number of benzene rings is 2. The molecule has 2 aromatic carbocycles. The molecule has 0 radical (unpaired) electrons. The van der Waals surface area contributed by atoms with E-state index in [1.165, 1.54) is 5.56 Å². The number of nitrogens with one attached hydrogen (secondary N) is 1. The maximum atomic E-state index is 12.4. The van der Waals surface area contributed by atoms with Crippen LogP contribution in [0.2, 0.25) is 0 Å².